The molecule has 0 bridgehead atoms. The molecule has 18 heavy (non-hydrogen) atoms. The summed E-state index contributed by atoms with van der Waals surface area (Å²) in [6, 6.07) is 4.45. The normalized spacial score (nSPS) is 22.6. The van der Waals surface area contributed by atoms with Crippen LogP contribution in [-0.4, -0.2) is 11.5 Å². The molecule has 0 saturated heterocycles. The summed E-state index contributed by atoms with van der Waals surface area (Å²) in [6.45, 7) is 7.62. The molecule has 0 aromatic carbocycles. The van der Waals surface area contributed by atoms with Gasteiger partial charge in [0.1, 0.15) is 5.82 Å². The van der Waals surface area contributed by atoms with Gasteiger partial charge in [0.25, 0.3) is 0 Å². The van der Waals surface area contributed by atoms with Crippen LogP contribution in [0.3, 0.4) is 0 Å². The average molecular weight is 246 g/mol. The van der Waals surface area contributed by atoms with E-state index in [9.17, 15) is 0 Å². The molecule has 0 aliphatic heterocycles. The molecule has 2 nitrogen and oxygen atoms in total. The minimum atomic E-state index is 0.948. The second-order valence-corrected chi connectivity index (χ2v) is 5.68. The summed E-state index contributed by atoms with van der Waals surface area (Å²) in [5, 5.41) is 3.38. The summed E-state index contributed by atoms with van der Waals surface area (Å²) in [4.78, 5) is 4.77. The van der Waals surface area contributed by atoms with Crippen molar-refractivity contribution in [3.8, 4) is 0 Å². The highest BCUT2D eigenvalue weighted by Gasteiger charge is 2.24. The lowest BCUT2D eigenvalue weighted by molar-refractivity contribution is 0.199. The fourth-order valence-corrected chi connectivity index (χ4v) is 2.93. The summed E-state index contributed by atoms with van der Waals surface area (Å²) < 4.78 is 0. The van der Waals surface area contributed by atoms with Gasteiger partial charge < -0.3 is 5.32 Å². The number of nitrogens with one attached hydrogen (secondary N) is 1. The Balaban J connectivity index is 1.93. The minimum Gasteiger partial charge on any atom is -0.370 e. The molecule has 1 aliphatic rings. The van der Waals surface area contributed by atoms with Gasteiger partial charge in [0.05, 0.1) is 0 Å². The van der Waals surface area contributed by atoms with Gasteiger partial charge in [-0.3, -0.25) is 0 Å². The summed E-state index contributed by atoms with van der Waals surface area (Å²) in [6.07, 6.45) is 6.35. The molecule has 1 saturated carbocycles. The van der Waals surface area contributed by atoms with Crippen LogP contribution in [-0.2, 0) is 12.8 Å². The Morgan fingerprint density at radius 3 is 2.67 bits per heavy atom. The van der Waals surface area contributed by atoms with Crippen LogP contribution in [0.2, 0.25) is 0 Å². The van der Waals surface area contributed by atoms with Crippen molar-refractivity contribution < 1.29 is 0 Å². The number of nitrogens with zero attached hydrogens (tertiary/aromatic N) is 1. The number of aromatic nitrogens is 1. The first-order valence-corrected chi connectivity index (χ1v) is 7.45. The summed E-state index contributed by atoms with van der Waals surface area (Å²) in [5.41, 5.74) is 2.58. The van der Waals surface area contributed by atoms with E-state index >= 15 is 0 Å². The smallest absolute Gasteiger partial charge is 0.129 e. The first kappa shape index (κ1) is 13.4. The standard InChI is InChI=1S/C16H26N2/c1-4-14-7-9-15(18-16(14)17-5-2)8-6-13-10-12(3)11-13/h7,9,12-13H,4-6,8,10-11H2,1-3H3,(H,17,18). The molecule has 2 rings (SSSR count). The van der Waals surface area contributed by atoms with Crippen molar-refractivity contribution in [1.29, 1.82) is 0 Å². The maximum atomic E-state index is 4.77. The quantitative estimate of drug-likeness (QED) is 0.819. The fourth-order valence-electron chi connectivity index (χ4n) is 2.93. The molecule has 0 atom stereocenters. The van der Waals surface area contributed by atoms with Gasteiger partial charge in [0.2, 0.25) is 0 Å². The predicted molar refractivity (Wildman–Crippen MR) is 78.0 cm³/mol. The lowest BCUT2D eigenvalue weighted by Crippen LogP contribution is -2.21. The summed E-state index contributed by atoms with van der Waals surface area (Å²) >= 11 is 0. The Hall–Kier alpha value is -1.05. The van der Waals surface area contributed by atoms with Crippen molar-refractivity contribution in [1.82, 2.24) is 4.98 Å². The van der Waals surface area contributed by atoms with E-state index in [-0.39, 0.29) is 0 Å². The van der Waals surface area contributed by atoms with Gasteiger partial charge >= 0.3 is 0 Å². The van der Waals surface area contributed by atoms with Crippen LogP contribution in [0.4, 0.5) is 5.82 Å². The monoisotopic (exact) mass is 246 g/mol. The van der Waals surface area contributed by atoms with Crippen molar-refractivity contribution in [2.24, 2.45) is 11.8 Å². The Labute approximate surface area is 111 Å². The van der Waals surface area contributed by atoms with Crippen molar-refractivity contribution >= 4 is 5.82 Å². The van der Waals surface area contributed by atoms with E-state index in [2.05, 4.69) is 38.2 Å². The zero-order valence-electron chi connectivity index (χ0n) is 12.0. The predicted octanol–water partition coefficient (Wildman–Crippen LogP) is 4.05. The molecule has 2 heteroatoms. The number of hydrogen-bond acceptors (Lipinski definition) is 2. The van der Waals surface area contributed by atoms with Crippen LogP contribution >= 0.6 is 0 Å². The van der Waals surface area contributed by atoms with Crippen LogP contribution in [0.5, 0.6) is 0 Å². The summed E-state index contributed by atoms with van der Waals surface area (Å²) in [7, 11) is 0. The highest BCUT2D eigenvalue weighted by molar-refractivity contribution is 5.45. The van der Waals surface area contributed by atoms with Crippen LogP contribution < -0.4 is 5.32 Å². The van der Waals surface area contributed by atoms with Crippen molar-refractivity contribution in [3.05, 3.63) is 23.4 Å². The number of anilines is 1. The van der Waals surface area contributed by atoms with Gasteiger partial charge in [-0.2, -0.15) is 0 Å². The third kappa shape index (κ3) is 3.24. The minimum absolute atomic E-state index is 0.948. The molecule has 0 radical (unpaired) electrons. The molecule has 1 heterocycles. The highest BCUT2D eigenvalue weighted by atomic mass is 15.0. The molecule has 0 spiro atoms. The van der Waals surface area contributed by atoms with Gasteiger partial charge in [0.15, 0.2) is 0 Å². The zero-order chi connectivity index (χ0) is 13.0. The molecule has 1 aromatic heterocycles. The Morgan fingerprint density at radius 1 is 1.28 bits per heavy atom. The molecule has 1 N–H and O–H groups in total. The van der Waals surface area contributed by atoms with Crippen LogP contribution in [0, 0.1) is 11.8 Å². The van der Waals surface area contributed by atoms with Crippen LogP contribution in [0.1, 0.15) is 51.3 Å². The number of aryl methyl sites for hydroxylation is 2. The van der Waals surface area contributed by atoms with Gasteiger partial charge in [-0.25, -0.2) is 4.98 Å². The Kier molecular flexibility index (Phi) is 4.62. The number of hydrogen-bond donors (Lipinski definition) is 1. The SMILES string of the molecule is CCNc1nc(CCC2CC(C)C2)ccc1CC. The largest absolute Gasteiger partial charge is 0.370 e. The summed E-state index contributed by atoms with van der Waals surface area (Å²) in [5.74, 6) is 3.01. The average Bonchev–Trinajstić information content (AvgIpc) is 2.34. The number of rotatable bonds is 6. The van der Waals surface area contributed by atoms with E-state index in [4.69, 9.17) is 4.98 Å². The molecule has 1 aliphatic carbocycles. The third-order valence-corrected chi connectivity index (χ3v) is 4.04. The fraction of sp³-hybridized carbons (Fsp3) is 0.688. The van der Waals surface area contributed by atoms with Crippen molar-refractivity contribution in [3.63, 3.8) is 0 Å². The topological polar surface area (TPSA) is 24.9 Å². The third-order valence-electron chi connectivity index (χ3n) is 4.04. The molecule has 1 aromatic rings. The number of pyridine rings is 1. The van der Waals surface area contributed by atoms with Crippen LogP contribution in [0.25, 0.3) is 0 Å². The molecule has 1 fully saturated rings. The van der Waals surface area contributed by atoms with E-state index in [0.717, 1.165) is 37.0 Å². The van der Waals surface area contributed by atoms with Crippen molar-refractivity contribution in [2.75, 3.05) is 11.9 Å². The maximum Gasteiger partial charge on any atom is 0.129 e. The Bertz CT molecular complexity index is 381. The first-order chi connectivity index (χ1) is 8.72. The highest BCUT2D eigenvalue weighted by Crippen LogP contribution is 2.36. The van der Waals surface area contributed by atoms with Gasteiger partial charge in [-0.1, -0.05) is 19.9 Å². The molecular formula is C16H26N2. The van der Waals surface area contributed by atoms with E-state index in [1.807, 2.05) is 0 Å². The maximum absolute atomic E-state index is 4.77. The second kappa shape index (κ2) is 6.21. The molecule has 100 valence electrons. The first-order valence-electron chi connectivity index (χ1n) is 7.45. The van der Waals surface area contributed by atoms with E-state index < -0.39 is 0 Å². The molecule has 0 unspecified atom stereocenters. The van der Waals surface area contributed by atoms with Gasteiger partial charge in [-0.05, 0) is 62.5 Å². The lowest BCUT2D eigenvalue weighted by atomic mass is 9.74. The second-order valence-electron chi connectivity index (χ2n) is 5.68. The zero-order valence-corrected chi connectivity index (χ0v) is 12.0. The van der Waals surface area contributed by atoms with E-state index in [1.165, 1.54) is 30.5 Å². The Morgan fingerprint density at radius 2 is 2.06 bits per heavy atom. The molecular weight excluding hydrogens is 220 g/mol. The van der Waals surface area contributed by atoms with Gasteiger partial charge in [-0.15, -0.1) is 0 Å². The van der Waals surface area contributed by atoms with E-state index in [1.54, 1.807) is 0 Å². The van der Waals surface area contributed by atoms with Crippen LogP contribution in [0.15, 0.2) is 12.1 Å². The van der Waals surface area contributed by atoms with E-state index in [0.29, 0.717) is 0 Å². The van der Waals surface area contributed by atoms with Gasteiger partial charge in [0, 0.05) is 12.2 Å². The van der Waals surface area contributed by atoms with Crippen molar-refractivity contribution in [2.45, 2.75) is 52.9 Å². The lowest BCUT2D eigenvalue weighted by Gasteiger charge is -2.32. The molecule has 0 amide bonds.